The van der Waals surface area contributed by atoms with Gasteiger partial charge >= 0.3 is 0 Å². The van der Waals surface area contributed by atoms with Gasteiger partial charge in [0.1, 0.15) is 5.54 Å². The predicted molar refractivity (Wildman–Crippen MR) is 121 cm³/mol. The van der Waals surface area contributed by atoms with Gasteiger partial charge in [0.05, 0.1) is 13.3 Å². The van der Waals surface area contributed by atoms with E-state index < -0.39 is 5.54 Å². The largest absolute Gasteiger partial charge is 0.395 e. The van der Waals surface area contributed by atoms with Crippen LogP contribution in [0.25, 0.3) is 0 Å². The van der Waals surface area contributed by atoms with Crippen molar-refractivity contribution in [1.82, 2.24) is 9.80 Å². The van der Waals surface area contributed by atoms with Gasteiger partial charge < -0.3 is 19.8 Å². The molecule has 0 aromatic heterocycles. The fourth-order valence-corrected chi connectivity index (χ4v) is 5.91. The number of anilines is 1. The van der Waals surface area contributed by atoms with E-state index >= 15 is 0 Å². The van der Waals surface area contributed by atoms with Gasteiger partial charge in [-0.2, -0.15) is 0 Å². The molecule has 5 nitrogen and oxygen atoms in total. The molecule has 1 N–H and O–H groups in total. The van der Waals surface area contributed by atoms with Gasteiger partial charge in [-0.1, -0.05) is 63.1 Å². The zero-order valence-corrected chi connectivity index (χ0v) is 18.5. The number of hydrogen-bond acceptors (Lipinski definition) is 4. The molecule has 0 unspecified atom stereocenters. The van der Waals surface area contributed by atoms with E-state index in [4.69, 9.17) is 0 Å². The third-order valence-corrected chi connectivity index (χ3v) is 7.67. The number of hydrogen-bond donors (Lipinski definition) is 1. The van der Waals surface area contributed by atoms with E-state index in [1.54, 1.807) is 0 Å². The number of nitrogens with zero attached hydrogens (tertiary/aromatic N) is 3. The Bertz CT molecular complexity index is 662. The summed E-state index contributed by atoms with van der Waals surface area (Å²) >= 11 is 0. The maximum atomic E-state index is 13.5. The molecular weight excluding hydrogens is 374 g/mol. The molecule has 3 aliphatic rings. The number of likely N-dealkylation sites (tertiary alicyclic amines) is 1. The highest BCUT2D eigenvalue weighted by atomic mass is 16.3. The average Bonchev–Trinajstić information content (AvgIpc) is 3.05. The molecule has 1 aromatic rings. The summed E-state index contributed by atoms with van der Waals surface area (Å²) in [6, 6.07) is 11.1. The lowest BCUT2D eigenvalue weighted by molar-refractivity contribution is -0.134. The van der Waals surface area contributed by atoms with Crippen LogP contribution in [0.15, 0.2) is 30.3 Å². The summed E-state index contributed by atoms with van der Waals surface area (Å²) in [7, 11) is 0. The summed E-state index contributed by atoms with van der Waals surface area (Å²) in [6.07, 6.45) is 14.1. The van der Waals surface area contributed by atoms with Crippen LogP contribution in [-0.2, 0) is 4.79 Å². The Morgan fingerprint density at radius 1 is 0.900 bits per heavy atom. The van der Waals surface area contributed by atoms with Crippen molar-refractivity contribution < 1.29 is 9.90 Å². The van der Waals surface area contributed by atoms with Crippen LogP contribution in [0.5, 0.6) is 0 Å². The van der Waals surface area contributed by atoms with Gasteiger partial charge in [0.25, 0.3) is 0 Å². The third-order valence-electron chi connectivity index (χ3n) is 7.67. The zero-order chi connectivity index (χ0) is 20.8. The molecule has 4 rings (SSSR count). The number of piperidine rings is 1. The second kappa shape index (κ2) is 10.1. The van der Waals surface area contributed by atoms with Crippen LogP contribution in [0.3, 0.4) is 0 Å². The van der Waals surface area contributed by atoms with Crippen LogP contribution in [-0.4, -0.2) is 65.3 Å². The first kappa shape index (κ1) is 21.6. The second-order valence-corrected chi connectivity index (χ2v) is 9.47. The Morgan fingerprint density at radius 2 is 1.50 bits per heavy atom. The first-order valence-electron chi connectivity index (χ1n) is 12.2. The topological polar surface area (TPSA) is 47.0 Å². The van der Waals surface area contributed by atoms with Gasteiger partial charge in [0, 0.05) is 31.4 Å². The molecule has 2 heterocycles. The van der Waals surface area contributed by atoms with Crippen LogP contribution >= 0.6 is 0 Å². The highest BCUT2D eigenvalue weighted by molar-refractivity contribution is 5.93. The molecule has 2 saturated heterocycles. The van der Waals surface area contributed by atoms with Crippen LogP contribution in [0, 0.1) is 0 Å². The minimum absolute atomic E-state index is 0.0264. The quantitative estimate of drug-likeness (QED) is 0.810. The van der Waals surface area contributed by atoms with E-state index in [1.165, 1.54) is 57.8 Å². The number of carbonyl (C=O) groups is 1. The van der Waals surface area contributed by atoms with Crippen molar-refractivity contribution in [3.8, 4) is 0 Å². The molecule has 1 aromatic carbocycles. The molecule has 1 saturated carbocycles. The Morgan fingerprint density at radius 3 is 2.10 bits per heavy atom. The molecule has 3 fully saturated rings. The summed E-state index contributed by atoms with van der Waals surface area (Å²) in [6.45, 7) is 3.06. The number of para-hydroxylation sites is 1. The molecule has 166 valence electrons. The maximum Gasteiger partial charge on any atom is 0.250 e. The Balaban J connectivity index is 1.47. The molecule has 5 heteroatoms. The van der Waals surface area contributed by atoms with E-state index in [0.717, 1.165) is 31.6 Å². The molecule has 1 aliphatic carbocycles. The van der Waals surface area contributed by atoms with Crippen LogP contribution in [0.4, 0.5) is 5.69 Å². The predicted octanol–water partition coefficient (Wildman–Crippen LogP) is 4.01. The van der Waals surface area contributed by atoms with Crippen molar-refractivity contribution in [2.24, 2.45) is 0 Å². The number of β-amino-alcohol motifs (C(OH)–C–C–N with tert-alkyl or cyclic N) is 1. The molecule has 0 bridgehead atoms. The van der Waals surface area contributed by atoms with Gasteiger partial charge in [-0.3, -0.25) is 4.79 Å². The third kappa shape index (κ3) is 4.52. The SMILES string of the molecule is O=C1N(CCO)CN(c2ccccc2)C12CCN(C1CCCCCCCCC1)CC2. The maximum absolute atomic E-state index is 13.5. The monoisotopic (exact) mass is 413 g/mol. The molecule has 1 amide bonds. The van der Waals surface area contributed by atoms with Gasteiger partial charge in [-0.25, -0.2) is 0 Å². The van der Waals surface area contributed by atoms with Crippen molar-refractivity contribution in [3.63, 3.8) is 0 Å². The molecular formula is C25H39N3O2. The number of carbonyl (C=O) groups excluding carboxylic acids is 1. The number of aliphatic hydroxyl groups is 1. The first-order chi connectivity index (χ1) is 14.7. The highest BCUT2D eigenvalue weighted by Crippen LogP contribution is 2.40. The normalized spacial score (nSPS) is 24.5. The molecule has 0 radical (unpaired) electrons. The van der Waals surface area contributed by atoms with Gasteiger partial charge in [-0.15, -0.1) is 0 Å². The average molecular weight is 414 g/mol. The number of aliphatic hydroxyl groups excluding tert-OH is 1. The standard InChI is InChI=1S/C25H39N3O2/c29-20-19-27-21-28(23-13-9-6-10-14-23)25(24(27)30)15-17-26(18-16-25)22-11-7-4-2-1-3-5-8-12-22/h6,9-10,13-14,22,29H,1-5,7-8,11-12,15-21H2. The molecule has 0 atom stereocenters. The van der Waals surface area contributed by atoms with Gasteiger partial charge in [0.15, 0.2) is 0 Å². The van der Waals surface area contributed by atoms with Crippen molar-refractivity contribution in [1.29, 1.82) is 0 Å². The number of benzene rings is 1. The van der Waals surface area contributed by atoms with E-state index in [1.807, 2.05) is 11.0 Å². The zero-order valence-electron chi connectivity index (χ0n) is 18.5. The smallest absolute Gasteiger partial charge is 0.250 e. The van der Waals surface area contributed by atoms with E-state index in [2.05, 4.69) is 34.1 Å². The van der Waals surface area contributed by atoms with Crippen molar-refractivity contribution >= 4 is 11.6 Å². The van der Waals surface area contributed by atoms with E-state index in [0.29, 0.717) is 19.3 Å². The molecule has 1 spiro atoms. The van der Waals surface area contributed by atoms with Crippen LogP contribution in [0.1, 0.15) is 70.6 Å². The van der Waals surface area contributed by atoms with Crippen molar-refractivity contribution in [2.45, 2.75) is 82.2 Å². The highest BCUT2D eigenvalue weighted by Gasteiger charge is 2.53. The minimum atomic E-state index is -0.441. The Labute approximate surface area is 182 Å². The lowest BCUT2D eigenvalue weighted by atomic mass is 9.84. The Kier molecular flexibility index (Phi) is 7.32. The lowest BCUT2D eigenvalue weighted by Crippen LogP contribution is -2.58. The summed E-state index contributed by atoms with van der Waals surface area (Å²) in [5.74, 6) is 0.214. The second-order valence-electron chi connectivity index (χ2n) is 9.47. The van der Waals surface area contributed by atoms with E-state index in [-0.39, 0.29) is 12.5 Å². The van der Waals surface area contributed by atoms with E-state index in [9.17, 15) is 9.90 Å². The fraction of sp³-hybridized carbons (Fsp3) is 0.720. The number of amides is 1. The van der Waals surface area contributed by atoms with Crippen LogP contribution < -0.4 is 4.90 Å². The number of rotatable bonds is 4. The Hall–Kier alpha value is -1.59. The van der Waals surface area contributed by atoms with Crippen molar-refractivity contribution in [2.75, 3.05) is 37.8 Å². The van der Waals surface area contributed by atoms with Crippen molar-refractivity contribution in [3.05, 3.63) is 30.3 Å². The van der Waals surface area contributed by atoms with Crippen LogP contribution in [0.2, 0.25) is 0 Å². The first-order valence-corrected chi connectivity index (χ1v) is 12.2. The summed E-state index contributed by atoms with van der Waals surface area (Å²) < 4.78 is 0. The minimum Gasteiger partial charge on any atom is -0.395 e. The van der Waals surface area contributed by atoms with Gasteiger partial charge in [-0.05, 0) is 37.8 Å². The van der Waals surface area contributed by atoms with Gasteiger partial charge in [0.2, 0.25) is 5.91 Å². The lowest BCUT2D eigenvalue weighted by Gasteiger charge is -2.45. The molecule has 30 heavy (non-hydrogen) atoms. The summed E-state index contributed by atoms with van der Waals surface area (Å²) in [4.78, 5) is 20.3. The summed E-state index contributed by atoms with van der Waals surface area (Å²) in [5, 5.41) is 9.47. The summed E-state index contributed by atoms with van der Waals surface area (Å²) in [5.41, 5.74) is 0.682. The molecule has 2 aliphatic heterocycles. The fourth-order valence-electron chi connectivity index (χ4n) is 5.91.